The van der Waals surface area contributed by atoms with E-state index in [9.17, 15) is 15.2 Å². The second-order valence-electron chi connectivity index (χ2n) is 4.47. The molecule has 1 unspecified atom stereocenters. The highest BCUT2D eigenvalue weighted by atomic mass is 35.5. The lowest BCUT2D eigenvalue weighted by Gasteiger charge is -2.14. The fourth-order valence-electron chi connectivity index (χ4n) is 1.84. The molecule has 0 fully saturated rings. The van der Waals surface area contributed by atoms with Crippen LogP contribution in [0.5, 0.6) is 11.5 Å². The van der Waals surface area contributed by atoms with E-state index < -0.39 is 11.0 Å². The van der Waals surface area contributed by atoms with Gasteiger partial charge in [-0.25, -0.2) is 0 Å². The molecule has 0 radical (unpaired) electrons. The third kappa shape index (κ3) is 3.87. The number of nitro groups is 1. The molecule has 2 aromatic carbocycles. The maximum atomic E-state index is 10.7. The average Bonchev–Trinajstić information content (AvgIpc) is 2.52. The molecule has 2 rings (SSSR count). The average molecular weight is 324 g/mol. The summed E-state index contributed by atoms with van der Waals surface area (Å²) in [7, 11) is 1.39. The van der Waals surface area contributed by atoms with Crippen LogP contribution in [0.2, 0.25) is 5.02 Å². The minimum Gasteiger partial charge on any atom is -0.493 e. The quantitative estimate of drug-likeness (QED) is 0.651. The Morgan fingerprint density at radius 2 is 1.91 bits per heavy atom. The van der Waals surface area contributed by atoms with Gasteiger partial charge in [-0.1, -0.05) is 23.7 Å². The van der Waals surface area contributed by atoms with Gasteiger partial charge < -0.3 is 14.6 Å². The van der Waals surface area contributed by atoms with Gasteiger partial charge in [-0.15, -0.1) is 0 Å². The van der Waals surface area contributed by atoms with Crippen LogP contribution in [0.15, 0.2) is 42.5 Å². The van der Waals surface area contributed by atoms with Gasteiger partial charge in [-0.05, 0) is 23.8 Å². The van der Waals surface area contributed by atoms with Crippen LogP contribution in [0.4, 0.5) is 5.69 Å². The van der Waals surface area contributed by atoms with Crippen molar-refractivity contribution < 1.29 is 19.5 Å². The Bertz CT molecular complexity index is 659. The molecule has 0 aliphatic heterocycles. The number of halogens is 1. The van der Waals surface area contributed by atoms with Crippen LogP contribution in [0.1, 0.15) is 11.7 Å². The number of nitrogens with zero attached hydrogens (tertiary/aromatic N) is 1. The van der Waals surface area contributed by atoms with E-state index in [2.05, 4.69) is 0 Å². The van der Waals surface area contributed by atoms with Crippen molar-refractivity contribution >= 4 is 17.3 Å². The van der Waals surface area contributed by atoms with Gasteiger partial charge in [-0.3, -0.25) is 10.1 Å². The fraction of sp³-hybridized carbons (Fsp3) is 0.200. The van der Waals surface area contributed by atoms with Gasteiger partial charge in [0.15, 0.2) is 11.5 Å². The number of aliphatic hydroxyl groups is 1. The molecule has 0 aromatic heterocycles. The summed E-state index contributed by atoms with van der Waals surface area (Å²) in [4.78, 5) is 10.2. The molecule has 116 valence electrons. The Balaban J connectivity index is 2.07. The predicted octanol–water partition coefficient (Wildman–Crippen LogP) is 3.37. The van der Waals surface area contributed by atoms with Crippen molar-refractivity contribution in [2.75, 3.05) is 13.7 Å². The summed E-state index contributed by atoms with van der Waals surface area (Å²) in [5.74, 6) is 0.554. The van der Waals surface area contributed by atoms with Crippen LogP contribution in [0, 0.1) is 10.1 Å². The van der Waals surface area contributed by atoms with Gasteiger partial charge in [-0.2, -0.15) is 0 Å². The predicted molar refractivity (Wildman–Crippen MR) is 81.6 cm³/mol. The van der Waals surface area contributed by atoms with Gasteiger partial charge >= 0.3 is 0 Å². The zero-order valence-electron chi connectivity index (χ0n) is 11.7. The minimum atomic E-state index is -0.850. The first kappa shape index (κ1) is 16.1. The van der Waals surface area contributed by atoms with Crippen molar-refractivity contribution in [2.24, 2.45) is 0 Å². The molecule has 1 atom stereocenters. The normalized spacial score (nSPS) is 11.8. The molecule has 0 heterocycles. The van der Waals surface area contributed by atoms with Crippen LogP contribution >= 0.6 is 11.6 Å². The van der Waals surface area contributed by atoms with Crippen LogP contribution < -0.4 is 9.47 Å². The molecular formula is C15H14ClNO5. The Morgan fingerprint density at radius 1 is 1.23 bits per heavy atom. The van der Waals surface area contributed by atoms with Gasteiger partial charge in [0.05, 0.1) is 18.1 Å². The maximum absolute atomic E-state index is 10.7. The van der Waals surface area contributed by atoms with Gasteiger partial charge in [0, 0.05) is 11.1 Å². The van der Waals surface area contributed by atoms with E-state index in [1.807, 2.05) is 0 Å². The zero-order chi connectivity index (χ0) is 16.1. The van der Waals surface area contributed by atoms with Crippen molar-refractivity contribution in [2.45, 2.75) is 6.10 Å². The Morgan fingerprint density at radius 3 is 2.50 bits per heavy atom. The second kappa shape index (κ2) is 7.11. The van der Waals surface area contributed by atoms with E-state index in [4.69, 9.17) is 21.1 Å². The summed E-state index contributed by atoms with van der Waals surface area (Å²) in [6.07, 6.45) is -0.850. The van der Waals surface area contributed by atoms with E-state index in [1.54, 1.807) is 24.3 Å². The van der Waals surface area contributed by atoms with E-state index in [1.165, 1.54) is 25.3 Å². The number of non-ortho nitro benzene ring substituents is 1. The smallest absolute Gasteiger partial charge is 0.273 e. The lowest BCUT2D eigenvalue weighted by atomic mass is 10.1. The Labute approximate surface area is 132 Å². The number of ether oxygens (including phenoxy) is 2. The van der Waals surface area contributed by atoms with Crippen LogP contribution in [0.3, 0.4) is 0 Å². The van der Waals surface area contributed by atoms with Gasteiger partial charge in [0.2, 0.25) is 0 Å². The first-order valence-corrected chi connectivity index (χ1v) is 6.78. The maximum Gasteiger partial charge on any atom is 0.273 e. The largest absolute Gasteiger partial charge is 0.493 e. The molecule has 0 aliphatic carbocycles. The van der Waals surface area contributed by atoms with E-state index >= 15 is 0 Å². The first-order chi connectivity index (χ1) is 10.5. The molecule has 0 bridgehead atoms. The summed E-state index contributed by atoms with van der Waals surface area (Å²) in [5, 5.41) is 21.4. The number of hydrogen-bond acceptors (Lipinski definition) is 5. The summed E-state index contributed by atoms with van der Waals surface area (Å²) >= 11 is 5.78. The molecule has 22 heavy (non-hydrogen) atoms. The van der Waals surface area contributed by atoms with E-state index in [0.29, 0.717) is 16.3 Å². The topological polar surface area (TPSA) is 81.8 Å². The second-order valence-corrected chi connectivity index (χ2v) is 4.91. The summed E-state index contributed by atoms with van der Waals surface area (Å²) in [6, 6.07) is 10.8. The number of rotatable bonds is 6. The number of aliphatic hydroxyl groups excluding tert-OH is 1. The zero-order valence-corrected chi connectivity index (χ0v) is 12.5. The number of hydrogen-bond donors (Lipinski definition) is 1. The molecule has 7 heteroatoms. The molecule has 6 nitrogen and oxygen atoms in total. The van der Waals surface area contributed by atoms with Gasteiger partial charge in [0.25, 0.3) is 5.69 Å². The molecule has 0 spiro atoms. The summed E-state index contributed by atoms with van der Waals surface area (Å²) < 4.78 is 10.5. The number of nitro benzene ring substituents is 1. The van der Waals surface area contributed by atoms with Crippen molar-refractivity contribution in [3.8, 4) is 11.5 Å². The SMILES string of the molecule is COc1cc([N+](=O)[O-])ccc1OCC(O)c1ccc(Cl)cc1. The third-order valence-corrected chi connectivity index (χ3v) is 3.26. The highest BCUT2D eigenvalue weighted by Gasteiger charge is 2.14. The monoisotopic (exact) mass is 323 g/mol. The molecule has 0 amide bonds. The Hall–Kier alpha value is -2.31. The summed E-state index contributed by atoms with van der Waals surface area (Å²) in [6.45, 7) is -0.0181. The molecule has 1 N–H and O–H groups in total. The van der Waals surface area contributed by atoms with Crippen molar-refractivity contribution in [1.82, 2.24) is 0 Å². The number of methoxy groups -OCH3 is 1. The van der Waals surface area contributed by atoms with Crippen molar-refractivity contribution in [3.05, 3.63) is 63.2 Å². The van der Waals surface area contributed by atoms with Crippen LogP contribution in [-0.4, -0.2) is 23.7 Å². The van der Waals surface area contributed by atoms with E-state index in [0.717, 1.165) is 0 Å². The fourth-order valence-corrected chi connectivity index (χ4v) is 1.96. The highest BCUT2D eigenvalue weighted by molar-refractivity contribution is 6.30. The molecule has 0 saturated heterocycles. The lowest BCUT2D eigenvalue weighted by Crippen LogP contribution is -2.10. The molecular weight excluding hydrogens is 310 g/mol. The molecule has 0 saturated carbocycles. The Kier molecular flexibility index (Phi) is 5.19. The number of benzene rings is 2. The standard InChI is InChI=1S/C15H14ClNO5/c1-21-15-8-12(17(19)20)6-7-14(15)22-9-13(18)10-2-4-11(16)5-3-10/h2-8,13,18H,9H2,1H3. The van der Waals surface area contributed by atoms with E-state index in [-0.39, 0.29) is 18.0 Å². The lowest BCUT2D eigenvalue weighted by molar-refractivity contribution is -0.384. The van der Waals surface area contributed by atoms with Crippen molar-refractivity contribution in [3.63, 3.8) is 0 Å². The van der Waals surface area contributed by atoms with Gasteiger partial charge in [0.1, 0.15) is 12.7 Å². The first-order valence-electron chi connectivity index (χ1n) is 6.40. The van der Waals surface area contributed by atoms with Crippen LogP contribution in [0.25, 0.3) is 0 Å². The van der Waals surface area contributed by atoms with Crippen LogP contribution in [-0.2, 0) is 0 Å². The highest BCUT2D eigenvalue weighted by Crippen LogP contribution is 2.31. The van der Waals surface area contributed by atoms with Crippen molar-refractivity contribution in [1.29, 1.82) is 0 Å². The third-order valence-electron chi connectivity index (χ3n) is 3.01. The minimum absolute atomic E-state index is 0.0181. The molecule has 0 aliphatic rings. The molecule has 2 aromatic rings. The summed E-state index contributed by atoms with van der Waals surface area (Å²) in [5.41, 5.74) is 0.563.